The number of aryl methyl sites for hydroxylation is 1. The summed E-state index contributed by atoms with van der Waals surface area (Å²) in [5.41, 5.74) is 1.53. The van der Waals surface area contributed by atoms with Crippen molar-refractivity contribution in [3.05, 3.63) is 57.0 Å². The molecule has 1 aliphatic rings. The van der Waals surface area contributed by atoms with Crippen LogP contribution in [-0.2, 0) is 9.84 Å². The first-order chi connectivity index (χ1) is 12.3. The van der Waals surface area contributed by atoms with Crippen LogP contribution < -0.4 is 14.8 Å². The van der Waals surface area contributed by atoms with Crippen molar-refractivity contribution in [2.24, 2.45) is 0 Å². The van der Waals surface area contributed by atoms with Gasteiger partial charge in [0.15, 0.2) is 5.03 Å². The molecule has 0 bridgehead atoms. The number of benzene rings is 2. The zero-order valence-electron chi connectivity index (χ0n) is 14.3. The summed E-state index contributed by atoms with van der Waals surface area (Å²) in [6.07, 6.45) is 0. The van der Waals surface area contributed by atoms with Crippen LogP contribution in [0.25, 0.3) is 0 Å². The van der Waals surface area contributed by atoms with E-state index in [1.165, 1.54) is 26.4 Å². The number of Topliss-reactive ketones (excluding diaryl/α,β-unsaturated/α-hetero) is 1. The van der Waals surface area contributed by atoms with Gasteiger partial charge in [0.25, 0.3) is 0 Å². The Kier molecular flexibility index (Phi) is 4.81. The summed E-state index contributed by atoms with van der Waals surface area (Å²) in [5.74, 6) is -0.252. The fourth-order valence-electron chi connectivity index (χ4n) is 2.68. The number of ether oxygens (including phenoxy) is 2. The van der Waals surface area contributed by atoms with Crippen LogP contribution in [-0.4, -0.2) is 28.4 Å². The van der Waals surface area contributed by atoms with Gasteiger partial charge >= 0.3 is 0 Å². The summed E-state index contributed by atoms with van der Waals surface area (Å²) in [6.45, 7) is 1.92. The van der Waals surface area contributed by atoms with Gasteiger partial charge in [0.2, 0.25) is 15.6 Å². The van der Waals surface area contributed by atoms with Gasteiger partial charge in [-0.3, -0.25) is 4.79 Å². The third-order valence-corrected chi connectivity index (χ3v) is 6.80. The standard InChI is InChI=1S/C18H16BrNO5S/c1-10-4-6-11(7-5-10)20-18-15(19)16(21)14-12(24-2)8-9-13(25-3)17(14)26(18,22)23/h4-9,20H,1-3H3. The second kappa shape index (κ2) is 6.77. The zero-order valence-corrected chi connectivity index (χ0v) is 16.7. The Hall–Kier alpha value is -2.32. The Labute approximate surface area is 159 Å². The molecule has 0 fully saturated rings. The first-order valence-corrected chi connectivity index (χ1v) is 9.87. The van der Waals surface area contributed by atoms with Crippen molar-refractivity contribution in [1.82, 2.24) is 0 Å². The van der Waals surface area contributed by atoms with Crippen LogP contribution in [0.15, 0.2) is 50.8 Å². The minimum atomic E-state index is -4.05. The van der Waals surface area contributed by atoms with Gasteiger partial charge in [-0.05, 0) is 47.1 Å². The van der Waals surface area contributed by atoms with Crippen LogP contribution in [0.2, 0.25) is 0 Å². The molecule has 0 aliphatic carbocycles. The van der Waals surface area contributed by atoms with Gasteiger partial charge in [-0.25, -0.2) is 8.42 Å². The average molecular weight is 438 g/mol. The molecule has 0 spiro atoms. The van der Waals surface area contributed by atoms with Crippen LogP contribution in [0.4, 0.5) is 5.69 Å². The van der Waals surface area contributed by atoms with Crippen molar-refractivity contribution in [3.63, 3.8) is 0 Å². The summed E-state index contributed by atoms with van der Waals surface area (Å²) in [5, 5.41) is 2.60. The number of sulfone groups is 1. The smallest absolute Gasteiger partial charge is 0.227 e. The molecular weight excluding hydrogens is 422 g/mol. The SMILES string of the molecule is COc1ccc(OC)c2c1C(=O)C(Br)=C(Nc1ccc(C)cc1)S2(=O)=O. The highest BCUT2D eigenvalue weighted by Gasteiger charge is 2.41. The highest BCUT2D eigenvalue weighted by molar-refractivity contribution is 9.12. The van der Waals surface area contributed by atoms with E-state index in [2.05, 4.69) is 21.2 Å². The number of anilines is 1. The molecule has 2 aromatic carbocycles. The molecule has 3 rings (SSSR count). The summed E-state index contributed by atoms with van der Waals surface area (Å²) in [4.78, 5) is 12.7. The van der Waals surface area contributed by atoms with E-state index in [1.807, 2.05) is 19.1 Å². The number of hydrogen-bond donors (Lipinski definition) is 1. The predicted octanol–water partition coefficient (Wildman–Crippen LogP) is 3.66. The van der Waals surface area contributed by atoms with Gasteiger partial charge in [0, 0.05) is 5.69 Å². The number of hydrogen-bond acceptors (Lipinski definition) is 6. The van der Waals surface area contributed by atoms with E-state index in [-0.39, 0.29) is 31.5 Å². The largest absolute Gasteiger partial charge is 0.496 e. The fraction of sp³-hybridized carbons (Fsp3) is 0.167. The Bertz CT molecular complexity index is 1030. The van der Waals surface area contributed by atoms with Gasteiger partial charge in [-0.15, -0.1) is 0 Å². The lowest BCUT2D eigenvalue weighted by atomic mass is 10.1. The Morgan fingerprint density at radius 3 is 2.12 bits per heavy atom. The highest BCUT2D eigenvalue weighted by Crippen LogP contribution is 2.44. The van der Waals surface area contributed by atoms with E-state index in [0.717, 1.165) is 5.56 Å². The summed E-state index contributed by atoms with van der Waals surface area (Å²) < 4.78 is 36.8. The maximum absolute atomic E-state index is 13.2. The van der Waals surface area contributed by atoms with Gasteiger partial charge in [-0.2, -0.15) is 0 Å². The Morgan fingerprint density at radius 2 is 1.54 bits per heavy atom. The van der Waals surface area contributed by atoms with Crippen molar-refractivity contribution in [2.45, 2.75) is 11.8 Å². The van der Waals surface area contributed by atoms with Gasteiger partial charge < -0.3 is 14.8 Å². The van der Waals surface area contributed by atoms with Gasteiger partial charge in [-0.1, -0.05) is 17.7 Å². The number of nitrogens with one attached hydrogen (secondary N) is 1. The number of allylic oxidation sites excluding steroid dienone is 1. The maximum Gasteiger partial charge on any atom is 0.227 e. The number of carbonyl (C=O) groups is 1. The quantitative estimate of drug-likeness (QED) is 0.785. The molecule has 0 aromatic heterocycles. The number of carbonyl (C=O) groups excluding carboxylic acids is 1. The summed E-state index contributed by atoms with van der Waals surface area (Å²) in [6, 6.07) is 10.1. The minimum absolute atomic E-state index is 0.0480. The molecule has 1 N–H and O–H groups in total. The number of rotatable bonds is 4. The minimum Gasteiger partial charge on any atom is -0.496 e. The predicted molar refractivity (Wildman–Crippen MR) is 102 cm³/mol. The molecule has 0 saturated heterocycles. The molecule has 6 nitrogen and oxygen atoms in total. The van der Waals surface area contributed by atoms with Crippen LogP contribution >= 0.6 is 15.9 Å². The highest BCUT2D eigenvalue weighted by atomic mass is 79.9. The Balaban J connectivity index is 2.23. The fourth-order valence-corrected chi connectivity index (χ4v) is 5.28. The number of halogens is 1. The van der Waals surface area contributed by atoms with E-state index in [4.69, 9.17) is 9.47 Å². The molecule has 8 heteroatoms. The van der Waals surface area contributed by atoms with Gasteiger partial charge in [0.05, 0.1) is 19.8 Å². The average Bonchev–Trinajstić information content (AvgIpc) is 2.63. The third-order valence-electron chi connectivity index (χ3n) is 4.00. The van der Waals surface area contributed by atoms with E-state index in [9.17, 15) is 13.2 Å². The molecule has 2 aromatic rings. The van der Waals surface area contributed by atoms with Crippen molar-refractivity contribution >= 4 is 37.2 Å². The van der Waals surface area contributed by atoms with Crippen LogP contribution in [0, 0.1) is 6.92 Å². The van der Waals surface area contributed by atoms with Crippen LogP contribution in [0.1, 0.15) is 15.9 Å². The lowest BCUT2D eigenvalue weighted by Gasteiger charge is -2.23. The second-order valence-corrected chi connectivity index (χ2v) is 8.26. The lowest BCUT2D eigenvalue weighted by molar-refractivity contribution is 0.103. The first-order valence-electron chi connectivity index (χ1n) is 7.59. The monoisotopic (exact) mass is 437 g/mol. The van der Waals surface area contributed by atoms with Gasteiger partial charge in [0.1, 0.15) is 20.9 Å². The molecule has 1 heterocycles. The van der Waals surface area contributed by atoms with E-state index < -0.39 is 15.6 Å². The first kappa shape index (κ1) is 18.5. The lowest BCUT2D eigenvalue weighted by Crippen LogP contribution is -2.25. The molecular formula is C18H16BrNO5S. The van der Waals surface area contributed by atoms with Crippen LogP contribution in [0.3, 0.4) is 0 Å². The maximum atomic E-state index is 13.2. The zero-order chi connectivity index (χ0) is 19.1. The molecule has 136 valence electrons. The van der Waals surface area contributed by atoms with Crippen molar-refractivity contribution < 1.29 is 22.7 Å². The molecule has 0 unspecified atom stereocenters. The number of fused-ring (bicyclic) bond motifs is 1. The van der Waals surface area contributed by atoms with E-state index in [1.54, 1.807) is 12.1 Å². The van der Waals surface area contributed by atoms with Crippen molar-refractivity contribution in [3.8, 4) is 11.5 Å². The molecule has 1 aliphatic heterocycles. The number of ketones is 1. The van der Waals surface area contributed by atoms with Crippen molar-refractivity contribution in [2.75, 3.05) is 19.5 Å². The van der Waals surface area contributed by atoms with E-state index >= 15 is 0 Å². The number of methoxy groups -OCH3 is 2. The third kappa shape index (κ3) is 2.89. The van der Waals surface area contributed by atoms with Crippen molar-refractivity contribution in [1.29, 1.82) is 0 Å². The second-order valence-electron chi connectivity index (χ2n) is 5.64. The van der Waals surface area contributed by atoms with Crippen LogP contribution in [0.5, 0.6) is 11.5 Å². The summed E-state index contributed by atoms with van der Waals surface area (Å²) in [7, 11) is -1.33. The molecule has 0 radical (unpaired) electrons. The topological polar surface area (TPSA) is 81.7 Å². The normalized spacial score (nSPS) is 15.5. The molecule has 0 atom stereocenters. The van der Waals surface area contributed by atoms with E-state index in [0.29, 0.717) is 5.69 Å². The molecule has 0 amide bonds. The molecule has 26 heavy (non-hydrogen) atoms. The summed E-state index contributed by atoms with van der Waals surface area (Å²) >= 11 is 3.14. The Morgan fingerprint density at radius 1 is 0.962 bits per heavy atom. The molecule has 0 saturated carbocycles.